The molecule has 1 saturated carbocycles. The number of benzene rings is 1. The van der Waals surface area contributed by atoms with Crippen LogP contribution in [0.4, 0.5) is 24.9 Å². The number of rotatable bonds is 6. The second kappa shape index (κ2) is 9.59. The first-order valence-corrected chi connectivity index (χ1v) is 11.9. The number of nitrogens with zero attached hydrogens (tertiary/aromatic N) is 3. The summed E-state index contributed by atoms with van der Waals surface area (Å²) < 4.78 is 44.2. The zero-order valence-electron chi connectivity index (χ0n) is 20.7. The second-order valence-corrected chi connectivity index (χ2v) is 10.4. The van der Waals surface area contributed by atoms with Crippen LogP contribution in [-0.2, 0) is 10.2 Å². The van der Waals surface area contributed by atoms with Crippen molar-refractivity contribution in [2.24, 2.45) is 5.92 Å². The molecular formula is C25H30F3N5O3. The Bertz CT molecular complexity index is 1270. The van der Waals surface area contributed by atoms with Gasteiger partial charge < -0.3 is 20.2 Å². The van der Waals surface area contributed by atoms with Crippen molar-refractivity contribution in [3.8, 4) is 11.6 Å². The van der Waals surface area contributed by atoms with Gasteiger partial charge in [0.2, 0.25) is 0 Å². The van der Waals surface area contributed by atoms with E-state index < -0.39 is 30.0 Å². The number of carboxylic acids is 1. The Hall–Kier alpha value is -3.37. The molecule has 2 aromatic heterocycles. The molecule has 0 amide bonds. The van der Waals surface area contributed by atoms with E-state index in [0.29, 0.717) is 29.7 Å². The first-order valence-electron chi connectivity index (χ1n) is 11.9. The van der Waals surface area contributed by atoms with E-state index in [-0.39, 0.29) is 17.9 Å². The maximum absolute atomic E-state index is 12.8. The summed E-state index contributed by atoms with van der Waals surface area (Å²) in [5.41, 5.74) is 2.68. The summed E-state index contributed by atoms with van der Waals surface area (Å²) in [6.07, 6.45) is -1.57. The maximum Gasteiger partial charge on any atom is 0.405 e. The molecule has 2 heterocycles. The summed E-state index contributed by atoms with van der Waals surface area (Å²) >= 11 is 0. The van der Waals surface area contributed by atoms with E-state index in [0.717, 1.165) is 29.4 Å². The van der Waals surface area contributed by atoms with Gasteiger partial charge in [0.05, 0.1) is 11.4 Å². The number of halogens is 3. The van der Waals surface area contributed by atoms with Crippen LogP contribution in [-0.4, -0.2) is 45.0 Å². The molecule has 0 saturated heterocycles. The van der Waals surface area contributed by atoms with Crippen molar-refractivity contribution >= 4 is 28.6 Å². The quantitative estimate of drug-likeness (QED) is 0.378. The van der Waals surface area contributed by atoms with Gasteiger partial charge >= 0.3 is 18.2 Å². The van der Waals surface area contributed by atoms with Crippen LogP contribution in [0.3, 0.4) is 0 Å². The average molecular weight is 506 g/mol. The molecular weight excluding hydrogens is 475 g/mol. The number of hydrogen-bond acceptors (Lipinski definition) is 7. The maximum atomic E-state index is 12.8. The Balaban J connectivity index is 1.65. The number of carboxylic acid groups (broad SMARTS) is 1. The zero-order chi connectivity index (χ0) is 26.3. The van der Waals surface area contributed by atoms with Gasteiger partial charge in [0.15, 0.2) is 0 Å². The van der Waals surface area contributed by atoms with Crippen LogP contribution in [0.25, 0.3) is 22.5 Å². The van der Waals surface area contributed by atoms with Crippen molar-refractivity contribution in [1.29, 1.82) is 0 Å². The van der Waals surface area contributed by atoms with E-state index in [1.165, 1.54) is 0 Å². The van der Waals surface area contributed by atoms with Gasteiger partial charge in [0, 0.05) is 17.1 Å². The Morgan fingerprint density at radius 1 is 1.17 bits per heavy atom. The number of aryl methyl sites for hydroxylation is 1. The minimum absolute atomic E-state index is 0.0745. The fourth-order valence-electron chi connectivity index (χ4n) is 4.58. The summed E-state index contributed by atoms with van der Waals surface area (Å²) in [5, 5.41) is 23.9. The largest absolute Gasteiger partial charge is 0.481 e. The lowest BCUT2D eigenvalue weighted by molar-refractivity contribution is -0.142. The molecule has 0 radical (unpaired) electrons. The molecule has 0 bridgehead atoms. The van der Waals surface area contributed by atoms with Crippen LogP contribution in [0, 0.1) is 12.8 Å². The van der Waals surface area contributed by atoms with E-state index in [4.69, 9.17) is 9.40 Å². The number of carbonyl (C=O) groups is 1. The number of aliphatic carboxylic acids is 1. The minimum Gasteiger partial charge on any atom is -0.481 e. The summed E-state index contributed by atoms with van der Waals surface area (Å²) in [6.45, 7) is 6.66. The number of fused-ring (bicyclic) bond motifs is 1. The van der Waals surface area contributed by atoms with Crippen molar-refractivity contribution in [2.45, 2.75) is 71.0 Å². The molecule has 4 rings (SSSR count). The van der Waals surface area contributed by atoms with Crippen LogP contribution >= 0.6 is 0 Å². The van der Waals surface area contributed by atoms with Crippen molar-refractivity contribution < 1.29 is 27.5 Å². The molecule has 0 aliphatic heterocycles. The lowest BCUT2D eigenvalue weighted by Crippen LogP contribution is -2.31. The van der Waals surface area contributed by atoms with Crippen LogP contribution in [0.15, 0.2) is 22.6 Å². The highest BCUT2D eigenvalue weighted by Crippen LogP contribution is 2.36. The van der Waals surface area contributed by atoms with Crippen molar-refractivity contribution in [3.05, 3.63) is 29.3 Å². The predicted octanol–water partition coefficient (Wildman–Crippen LogP) is 5.92. The molecule has 3 N–H and O–H groups in total. The van der Waals surface area contributed by atoms with Crippen molar-refractivity contribution in [2.75, 3.05) is 17.2 Å². The molecule has 1 fully saturated rings. The highest BCUT2D eigenvalue weighted by molar-refractivity contribution is 5.90. The Kier molecular flexibility index (Phi) is 6.85. The zero-order valence-corrected chi connectivity index (χ0v) is 20.7. The number of nitrogens with one attached hydrogen (secondary N) is 2. The number of alkyl halides is 3. The van der Waals surface area contributed by atoms with E-state index >= 15 is 0 Å². The van der Waals surface area contributed by atoms with Crippen LogP contribution in [0.5, 0.6) is 0 Å². The first-order chi connectivity index (χ1) is 16.8. The van der Waals surface area contributed by atoms with Gasteiger partial charge in [-0.2, -0.15) is 13.2 Å². The van der Waals surface area contributed by atoms with Gasteiger partial charge in [-0.25, -0.2) is 4.98 Å². The van der Waals surface area contributed by atoms with Gasteiger partial charge in [0.1, 0.15) is 12.2 Å². The standard InChI is InChI=1S/C25H30F3N5O3/c1-13-8-19(21-32-33-23(36-21)30-15-7-5-6-14(9-15)22(34)35)31-20-17(13)10-16(29-12-25(26,27)28)11-18(20)24(2,3)4/h8,10-11,14-15,29H,5-7,9,12H2,1-4H3,(H,30,33)(H,34,35)/t14-,15+/m1/s1. The van der Waals surface area contributed by atoms with Crippen LogP contribution in [0.1, 0.15) is 57.6 Å². The highest BCUT2D eigenvalue weighted by atomic mass is 19.4. The van der Waals surface area contributed by atoms with E-state index in [9.17, 15) is 23.1 Å². The number of anilines is 2. The van der Waals surface area contributed by atoms with Gasteiger partial charge in [-0.3, -0.25) is 4.79 Å². The molecule has 0 unspecified atom stereocenters. The summed E-state index contributed by atoms with van der Waals surface area (Å²) in [7, 11) is 0. The fourth-order valence-corrected chi connectivity index (χ4v) is 4.58. The molecule has 36 heavy (non-hydrogen) atoms. The Morgan fingerprint density at radius 2 is 1.92 bits per heavy atom. The number of aromatic nitrogens is 3. The van der Waals surface area contributed by atoms with E-state index in [1.54, 1.807) is 18.2 Å². The monoisotopic (exact) mass is 505 g/mol. The minimum atomic E-state index is -4.33. The number of hydrogen-bond donors (Lipinski definition) is 3. The summed E-state index contributed by atoms with van der Waals surface area (Å²) in [4.78, 5) is 16.1. The van der Waals surface area contributed by atoms with Gasteiger partial charge in [0.25, 0.3) is 5.89 Å². The second-order valence-electron chi connectivity index (χ2n) is 10.4. The molecule has 1 aliphatic rings. The number of pyridine rings is 1. The molecule has 1 aliphatic carbocycles. The molecule has 1 aromatic carbocycles. The van der Waals surface area contributed by atoms with Gasteiger partial charge in [-0.1, -0.05) is 32.3 Å². The Labute approximate surface area is 206 Å². The molecule has 0 spiro atoms. The first kappa shape index (κ1) is 25.7. The summed E-state index contributed by atoms with van der Waals surface area (Å²) in [6, 6.07) is 5.26. The van der Waals surface area contributed by atoms with Crippen LogP contribution in [0.2, 0.25) is 0 Å². The molecule has 11 heteroatoms. The smallest absolute Gasteiger partial charge is 0.405 e. The average Bonchev–Trinajstić information content (AvgIpc) is 3.25. The van der Waals surface area contributed by atoms with Gasteiger partial charge in [-0.05, 0) is 60.9 Å². The van der Waals surface area contributed by atoms with Crippen molar-refractivity contribution in [1.82, 2.24) is 15.2 Å². The lowest BCUT2D eigenvalue weighted by Gasteiger charge is -2.26. The Morgan fingerprint density at radius 3 is 2.58 bits per heavy atom. The third-order valence-corrected chi connectivity index (χ3v) is 6.42. The van der Waals surface area contributed by atoms with Crippen molar-refractivity contribution in [3.63, 3.8) is 0 Å². The fraction of sp³-hybridized carbons (Fsp3) is 0.520. The van der Waals surface area contributed by atoms with Crippen LogP contribution < -0.4 is 10.6 Å². The van der Waals surface area contributed by atoms with E-state index in [1.807, 2.05) is 27.7 Å². The predicted molar refractivity (Wildman–Crippen MR) is 130 cm³/mol. The SMILES string of the molecule is Cc1cc(-c2nnc(N[C@H]3CCC[C@@H](C(=O)O)C3)o2)nc2c(C(C)(C)C)cc(NCC(F)(F)F)cc12. The normalized spacial score (nSPS) is 18.9. The lowest BCUT2D eigenvalue weighted by atomic mass is 9.84. The molecule has 2 atom stereocenters. The third kappa shape index (κ3) is 5.88. The topological polar surface area (TPSA) is 113 Å². The highest BCUT2D eigenvalue weighted by Gasteiger charge is 2.29. The van der Waals surface area contributed by atoms with Gasteiger partial charge in [-0.15, -0.1) is 5.10 Å². The molecule has 194 valence electrons. The van der Waals surface area contributed by atoms with E-state index in [2.05, 4.69) is 20.8 Å². The molecule has 3 aromatic rings. The third-order valence-electron chi connectivity index (χ3n) is 6.42. The summed E-state index contributed by atoms with van der Waals surface area (Å²) in [5.74, 6) is -0.989. The molecule has 8 nitrogen and oxygen atoms in total.